The topological polar surface area (TPSA) is 61.3 Å². The highest BCUT2D eigenvalue weighted by Gasteiger charge is 2.12. The predicted molar refractivity (Wildman–Crippen MR) is 57.7 cm³/mol. The van der Waals surface area contributed by atoms with Crippen LogP contribution in [0.25, 0.3) is 11.3 Å². The maximum absolute atomic E-state index is 11.9. The molecule has 0 amide bonds. The first-order valence-corrected chi connectivity index (χ1v) is 4.85. The van der Waals surface area contributed by atoms with Crippen LogP contribution in [0.3, 0.4) is 0 Å². The molecule has 0 radical (unpaired) electrons. The van der Waals surface area contributed by atoms with Gasteiger partial charge in [-0.2, -0.15) is 8.78 Å². The minimum absolute atomic E-state index is 0.0916. The molecule has 1 aromatic heterocycles. The molecule has 0 aliphatic rings. The molecule has 17 heavy (non-hydrogen) atoms. The molecule has 0 spiro atoms. The average Bonchev–Trinajstić information content (AvgIpc) is 2.60. The molecule has 2 N–H and O–H groups in total. The van der Waals surface area contributed by atoms with Gasteiger partial charge in [0, 0.05) is 11.1 Å². The second-order valence-corrected chi connectivity index (χ2v) is 3.42. The fourth-order valence-electron chi connectivity index (χ4n) is 1.41. The highest BCUT2D eigenvalue weighted by atomic mass is 19.3. The van der Waals surface area contributed by atoms with Crippen molar-refractivity contribution in [3.8, 4) is 17.1 Å². The van der Waals surface area contributed by atoms with E-state index in [1.807, 2.05) is 0 Å². The summed E-state index contributed by atoms with van der Waals surface area (Å²) in [6.45, 7) is -1.06. The smallest absolute Gasteiger partial charge is 0.387 e. The van der Waals surface area contributed by atoms with Gasteiger partial charge >= 0.3 is 6.61 Å². The van der Waals surface area contributed by atoms with Crippen molar-refractivity contribution >= 4 is 5.82 Å². The molecule has 0 saturated carbocycles. The summed E-state index contributed by atoms with van der Waals surface area (Å²) in [5.41, 5.74) is 6.96. The van der Waals surface area contributed by atoms with Crippen LogP contribution in [-0.4, -0.2) is 11.8 Å². The van der Waals surface area contributed by atoms with Gasteiger partial charge in [-0.3, -0.25) is 0 Å². The summed E-state index contributed by atoms with van der Waals surface area (Å²) in [5, 5.41) is 3.61. The van der Waals surface area contributed by atoms with Crippen molar-refractivity contribution in [2.45, 2.75) is 13.5 Å². The fraction of sp³-hybridized carbons (Fsp3) is 0.182. The molecule has 0 fully saturated rings. The number of benzene rings is 1. The number of hydrogen-bond acceptors (Lipinski definition) is 4. The molecule has 0 aliphatic heterocycles. The van der Waals surface area contributed by atoms with Crippen LogP contribution in [0.2, 0.25) is 0 Å². The highest BCUT2D eigenvalue weighted by molar-refractivity contribution is 5.65. The van der Waals surface area contributed by atoms with Crippen LogP contribution in [-0.2, 0) is 0 Å². The van der Waals surface area contributed by atoms with E-state index in [1.54, 1.807) is 19.1 Å². The SMILES string of the molecule is Cc1c(N)noc1-c1ccc(OC(F)F)cc1. The monoisotopic (exact) mass is 240 g/mol. The largest absolute Gasteiger partial charge is 0.435 e. The summed E-state index contributed by atoms with van der Waals surface area (Å²) in [6, 6.07) is 6.06. The molecule has 0 atom stereocenters. The minimum Gasteiger partial charge on any atom is -0.435 e. The van der Waals surface area contributed by atoms with E-state index in [-0.39, 0.29) is 5.75 Å². The molecule has 90 valence electrons. The number of rotatable bonds is 3. The Bertz CT molecular complexity index is 509. The summed E-state index contributed by atoms with van der Waals surface area (Å²) in [6.07, 6.45) is 0. The molecule has 1 heterocycles. The number of nitrogen functional groups attached to an aromatic ring is 1. The maximum atomic E-state index is 11.9. The fourth-order valence-corrected chi connectivity index (χ4v) is 1.41. The van der Waals surface area contributed by atoms with E-state index in [0.717, 1.165) is 0 Å². The van der Waals surface area contributed by atoms with Gasteiger partial charge in [-0.1, -0.05) is 5.16 Å². The van der Waals surface area contributed by atoms with Crippen LogP contribution >= 0.6 is 0 Å². The van der Waals surface area contributed by atoms with Gasteiger partial charge in [0.2, 0.25) is 0 Å². The Morgan fingerprint density at radius 1 is 1.29 bits per heavy atom. The summed E-state index contributed by atoms with van der Waals surface area (Å²) in [7, 11) is 0. The van der Waals surface area contributed by atoms with Crippen LogP contribution in [0.15, 0.2) is 28.8 Å². The van der Waals surface area contributed by atoms with Crippen LogP contribution < -0.4 is 10.5 Å². The summed E-state index contributed by atoms with van der Waals surface area (Å²) in [4.78, 5) is 0. The molecule has 2 rings (SSSR count). The third-order valence-electron chi connectivity index (χ3n) is 2.30. The molecule has 0 saturated heterocycles. The van der Waals surface area contributed by atoms with Gasteiger partial charge in [0.05, 0.1) is 0 Å². The Hall–Kier alpha value is -2.11. The lowest BCUT2D eigenvalue weighted by Gasteiger charge is -2.04. The molecule has 0 aliphatic carbocycles. The highest BCUT2D eigenvalue weighted by Crippen LogP contribution is 2.28. The van der Waals surface area contributed by atoms with Crippen molar-refractivity contribution in [2.75, 3.05) is 5.73 Å². The zero-order valence-electron chi connectivity index (χ0n) is 8.98. The van der Waals surface area contributed by atoms with Crippen LogP contribution in [0.5, 0.6) is 5.75 Å². The Kier molecular flexibility index (Phi) is 2.95. The lowest BCUT2D eigenvalue weighted by Crippen LogP contribution is -2.01. The average molecular weight is 240 g/mol. The van der Waals surface area contributed by atoms with E-state index in [0.29, 0.717) is 22.7 Å². The zero-order valence-corrected chi connectivity index (χ0v) is 8.98. The molecule has 0 bridgehead atoms. The predicted octanol–water partition coefficient (Wildman–Crippen LogP) is 2.83. The van der Waals surface area contributed by atoms with Crippen LogP contribution in [0.1, 0.15) is 5.56 Å². The molecule has 6 heteroatoms. The molecule has 0 unspecified atom stereocenters. The van der Waals surface area contributed by atoms with Crippen molar-refractivity contribution in [1.29, 1.82) is 0 Å². The van der Waals surface area contributed by atoms with Crippen LogP contribution in [0, 0.1) is 6.92 Å². The first-order valence-electron chi connectivity index (χ1n) is 4.85. The van der Waals surface area contributed by atoms with Gasteiger partial charge in [-0.05, 0) is 31.2 Å². The van der Waals surface area contributed by atoms with Crippen molar-refractivity contribution in [3.05, 3.63) is 29.8 Å². The van der Waals surface area contributed by atoms with E-state index in [2.05, 4.69) is 9.89 Å². The number of ether oxygens (including phenoxy) is 1. The number of aromatic nitrogens is 1. The first-order chi connectivity index (χ1) is 8.08. The van der Waals surface area contributed by atoms with Crippen molar-refractivity contribution in [2.24, 2.45) is 0 Å². The first kappa shape index (κ1) is 11.4. The number of nitrogens with two attached hydrogens (primary N) is 1. The molecular formula is C11H10F2N2O2. The van der Waals surface area contributed by atoms with E-state index in [4.69, 9.17) is 10.3 Å². The second-order valence-electron chi connectivity index (χ2n) is 3.42. The van der Waals surface area contributed by atoms with E-state index < -0.39 is 6.61 Å². The summed E-state index contributed by atoms with van der Waals surface area (Å²) >= 11 is 0. The van der Waals surface area contributed by atoms with E-state index >= 15 is 0 Å². The lowest BCUT2D eigenvalue weighted by molar-refractivity contribution is -0.0498. The van der Waals surface area contributed by atoms with Gasteiger partial charge in [0.1, 0.15) is 5.75 Å². The summed E-state index contributed by atoms with van der Waals surface area (Å²) < 4.78 is 33.2. The molecular weight excluding hydrogens is 230 g/mol. The number of halogens is 2. The summed E-state index contributed by atoms with van der Waals surface area (Å²) in [5.74, 6) is 0.924. The molecule has 1 aromatic carbocycles. The Balaban J connectivity index is 2.26. The Morgan fingerprint density at radius 2 is 1.94 bits per heavy atom. The van der Waals surface area contributed by atoms with Crippen molar-refractivity contribution < 1.29 is 18.0 Å². The quantitative estimate of drug-likeness (QED) is 0.896. The van der Waals surface area contributed by atoms with Gasteiger partial charge in [0.25, 0.3) is 0 Å². The van der Waals surface area contributed by atoms with E-state index in [9.17, 15) is 8.78 Å². The lowest BCUT2D eigenvalue weighted by atomic mass is 10.1. The number of hydrogen-bond donors (Lipinski definition) is 1. The Morgan fingerprint density at radius 3 is 2.41 bits per heavy atom. The minimum atomic E-state index is -2.83. The molecule has 4 nitrogen and oxygen atoms in total. The third kappa shape index (κ3) is 2.35. The second kappa shape index (κ2) is 4.40. The molecule has 2 aromatic rings. The zero-order chi connectivity index (χ0) is 12.4. The number of alkyl halides is 2. The van der Waals surface area contributed by atoms with E-state index in [1.165, 1.54) is 12.1 Å². The Labute approximate surface area is 96.0 Å². The van der Waals surface area contributed by atoms with Crippen molar-refractivity contribution in [1.82, 2.24) is 5.16 Å². The van der Waals surface area contributed by atoms with Crippen LogP contribution in [0.4, 0.5) is 14.6 Å². The normalized spacial score (nSPS) is 10.8. The number of nitrogens with zero attached hydrogens (tertiary/aromatic N) is 1. The van der Waals surface area contributed by atoms with Gasteiger partial charge in [0.15, 0.2) is 11.6 Å². The van der Waals surface area contributed by atoms with Gasteiger partial charge in [-0.15, -0.1) is 0 Å². The maximum Gasteiger partial charge on any atom is 0.387 e. The number of anilines is 1. The van der Waals surface area contributed by atoms with Gasteiger partial charge < -0.3 is 15.0 Å². The third-order valence-corrected chi connectivity index (χ3v) is 2.30. The standard InChI is InChI=1S/C11H10F2N2O2/c1-6-9(17-15-10(6)14)7-2-4-8(5-3-7)16-11(12)13/h2-5,11H,1H3,(H2,14,15). The van der Waals surface area contributed by atoms with Gasteiger partial charge in [-0.25, -0.2) is 0 Å². The van der Waals surface area contributed by atoms with Crippen molar-refractivity contribution in [3.63, 3.8) is 0 Å².